The van der Waals surface area contributed by atoms with Crippen LogP contribution in [0.4, 0.5) is 60.1 Å². The summed E-state index contributed by atoms with van der Waals surface area (Å²) in [5.41, 5.74) is 5.93. The zero-order valence-electron chi connectivity index (χ0n) is 30.2. The third-order valence-electron chi connectivity index (χ3n) is 8.73. The molecule has 3 N–H and O–H groups in total. The lowest BCUT2D eigenvalue weighted by Gasteiger charge is -2.35. The number of halogens is 7. The first-order chi connectivity index (χ1) is 27.6. The highest BCUT2D eigenvalue weighted by atomic mass is 35.5. The number of nitrogens with one attached hydrogen (secondary N) is 3. The number of carbonyl (C=O) groups is 3. The summed E-state index contributed by atoms with van der Waals surface area (Å²) in [6.45, 7) is 3.67. The highest BCUT2D eigenvalue weighted by Crippen LogP contribution is 2.31. The standard InChI is InChI=1S/C35H33ClN8O2.C4F6O2/c36-31-23-38-34-41-29-18-25(10-16-46-30-8-4-7-28(21-30)40-33(31)42-34)17-27(19-29)26-9-11-37-32(20-26)43-12-14-44(15-13-43)35(45)39-22-24-5-2-1-3-6-24;5-3(6,7)1(11)2(12)4(8,9)10/h1-9,11,17-21,23H,10,12-16,22H2,(H,39,45)(H2,38,40,41,42);. The smallest absolute Gasteiger partial charge is 0.458 e. The van der Waals surface area contributed by atoms with Gasteiger partial charge in [0.15, 0.2) is 5.82 Å². The number of nitrogens with zero attached hydrogens (tertiary/aromatic N) is 5. The minimum Gasteiger partial charge on any atom is -0.493 e. The first kappa shape index (κ1) is 41.2. The van der Waals surface area contributed by atoms with Crippen LogP contribution in [0.5, 0.6) is 5.75 Å². The number of hydrogen-bond acceptors (Lipinski definition) is 10. The number of piperazine rings is 1. The number of anilines is 5. The Balaban J connectivity index is 0.000000412. The Bertz CT molecular complexity index is 2250. The Hall–Kier alpha value is -6.43. The first-order valence-corrected chi connectivity index (χ1v) is 17.9. The van der Waals surface area contributed by atoms with Gasteiger partial charge < -0.3 is 30.5 Å². The van der Waals surface area contributed by atoms with E-state index in [9.17, 15) is 40.7 Å². The normalized spacial score (nSPS) is 14.0. The van der Waals surface area contributed by atoms with Gasteiger partial charge in [0.1, 0.15) is 16.6 Å². The molecule has 1 fully saturated rings. The molecule has 0 radical (unpaired) electrons. The topological polar surface area (TPSA) is 142 Å². The SMILES string of the molecule is O=C(C(=O)C(F)(F)F)C(F)(F)F.O=C(NCc1ccccc1)N1CCN(c2cc(-c3cc4cc(c3)Nc3ncc(Cl)c(n3)Nc3cccc(c3)OCC4)ccn2)CC1. The van der Waals surface area contributed by atoms with E-state index in [2.05, 4.69) is 60.1 Å². The van der Waals surface area contributed by atoms with Crippen molar-refractivity contribution in [3.63, 3.8) is 0 Å². The van der Waals surface area contributed by atoms with E-state index >= 15 is 0 Å². The van der Waals surface area contributed by atoms with Gasteiger partial charge in [0.2, 0.25) is 5.95 Å². The molecule has 2 aromatic heterocycles. The van der Waals surface area contributed by atoms with E-state index in [1.807, 2.05) is 71.8 Å². The van der Waals surface area contributed by atoms with Gasteiger partial charge in [0.05, 0.1) is 12.8 Å². The number of fused-ring (bicyclic) bond motifs is 6. The molecule has 6 bridgehead atoms. The maximum atomic E-state index is 12.8. The van der Waals surface area contributed by atoms with E-state index < -0.39 is 23.9 Å². The van der Waals surface area contributed by atoms with Crippen molar-refractivity contribution in [1.82, 2.24) is 25.2 Å². The molecule has 0 unspecified atom stereocenters. The van der Waals surface area contributed by atoms with Gasteiger partial charge in [0, 0.05) is 62.8 Å². The molecule has 0 spiro atoms. The highest BCUT2D eigenvalue weighted by Gasteiger charge is 2.54. The maximum Gasteiger partial charge on any atom is 0.458 e. The number of hydrogen-bond donors (Lipinski definition) is 3. The van der Waals surface area contributed by atoms with Crippen molar-refractivity contribution in [2.45, 2.75) is 25.3 Å². The number of pyridine rings is 1. The molecule has 19 heteroatoms. The van der Waals surface area contributed by atoms with Gasteiger partial charge in [-0.25, -0.2) is 14.8 Å². The van der Waals surface area contributed by atoms with Crippen LogP contribution < -0.4 is 25.6 Å². The summed E-state index contributed by atoms with van der Waals surface area (Å²) in [5.74, 6) is -4.25. The van der Waals surface area contributed by atoms with Gasteiger partial charge in [-0.15, -0.1) is 0 Å². The van der Waals surface area contributed by atoms with Crippen molar-refractivity contribution < 1.29 is 45.5 Å². The van der Waals surface area contributed by atoms with Gasteiger partial charge in [-0.1, -0.05) is 54.1 Å². The molecule has 58 heavy (non-hydrogen) atoms. The second-order valence-electron chi connectivity index (χ2n) is 12.9. The van der Waals surface area contributed by atoms with Crippen LogP contribution in [0.1, 0.15) is 11.1 Å². The Kier molecular flexibility index (Phi) is 12.6. The molecule has 302 valence electrons. The number of rotatable bonds is 5. The molecule has 2 aliphatic heterocycles. The van der Waals surface area contributed by atoms with Crippen molar-refractivity contribution in [2.24, 2.45) is 0 Å². The Labute approximate surface area is 332 Å². The third kappa shape index (κ3) is 10.9. The second kappa shape index (κ2) is 17.8. The first-order valence-electron chi connectivity index (χ1n) is 17.6. The highest BCUT2D eigenvalue weighted by molar-refractivity contribution is 6.41. The largest absolute Gasteiger partial charge is 0.493 e. The second-order valence-corrected chi connectivity index (χ2v) is 13.3. The van der Waals surface area contributed by atoms with E-state index in [1.54, 1.807) is 6.20 Å². The summed E-state index contributed by atoms with van der Waals surface area (Å²) >= 11 is 6.43. The molecule has 7 rings (SSSR count). The fourth-order valence-corrected chi connectivity index (χ4v) is 6.00. The predicted molar refractivity (Wildman–Crippen MR) is 204 cm³/mol. The number of amides is 2. The van der Waals surface area contributed by atoms with Crippen molar-refractivity contribution >= 4 is 58.2 Å². The van der Waals surface area contributed by atoms with Gasteiger partial charge in [0.25, 0.3) is 0 Å². The minimum absolute atomic E-state index is 0.0442. The maximum absolute atomic E-state index is 12.8. The fraction of sp³-hybridized carbons (Fsp3) is 0.231. The fourth-order valence-electron chi connectivity index (χ4n) is 5.86. The summed E-state index contributed by atoms with van der Waals surface area (Å²) in [6.07, 6.45) is -7.41. The Morgan fingerprint density at radius 3 is 2.21 bits per heavy atom. The van der Waals surface area contributed by atoms with Crippen LogP contribution in [0.25, 0.3) is 11.1 Å². The minimum atomic E-state index is -5.77. The molecule has 4 heterocycles. The summed E-state index contributed by atoms with van der Waals surface area (Å²) in [6, 6.07) is 28.1. The van der Waals surface area contributed by atoms with Gasteiger partial charge in [-0.2, -0.15) is 31.3 Å². The Morgan fingerprint density at radius 1 is 0.776 bits per heavy atom. The zero-order valence-corrected chi connectivity index (χ0v) is 31.0. The number of urea groups is 1. The number of benzene rings is 3. The van der Waals surface area contributed by atoms with Crippen molar-refractivity contribution in [1.29, 1.82) is 0 Å². The van der Waals surface area contributed by atoms with Gasteiger partial charge >= 0.3 is 30.0 Å². The van der Waals surface area contributed by atoms with Crippen LogP contribution in [-0.4, -0.2) is 82.6 Å². The lowest BCUT2D eigenvalue weighted by atomic mass is 10.0. The van der Waals surface area contributed by atoms with Crippen LogP contribution in [-0.2, 0) is 22.6 Å². The summed E-state index contributed by atoms with van der Waals surface area (Å²) in [5, 5.41) is 10.1. The van der Waals surface area contributed by atoms with Crippen LogP contribution in [0, 0.1) is 0 Å². The molecule has 12 nitrogen and oxygen atoms in total. The van der Waals surface area contributed by atoms with Crippen molar-refractivity contribution in [3.05, 3.63) is 113 Å². The van der Waals surface area contributed by atoms with Crippen LogP contribution in [0.2, 0.25) is 5.02 Å². The van der Waals surface area contributed by atoms with Crippen molar-refractivity contribution in [2.75, 3.05) is 48.3 Å². The van der Waals surface area contributed by atoms with E-state index in [-0.39, 0.29) is 6.03 Å². The van der Waals surface area contributed by atoms with Crippen molar-refractivity contribution in [3.8, 4) is 16.9 Å². The van der Waals surface area contributed by atoms with Crippen LogP contribution in [0.3, 0.4) is 0 Å². The average Bonchev–Trinajstić information content (AvgIpc) is 3.20. The number of ether oxygens (including phenoxy) is 1. The predicted octanol–water partition coefficient (Wildman–Crippen LogP) is 7.90. The lowest BCUT2D eigenvalue weighted by molar-refractivity contribution is -0.193. The van der Waals surface area contributed by atoms with E-state index in [0.29, 0.717) is 62.5 Å². The molecular formula is C39H33ClF6N8O4. The molecule has 3 aromatic carbocycles. The summed E-state index contributed by atoms with van der Waals surface area (Å²) < 4.78 is 73.1. The third-order valence-corrected chi connectivity index (χ3v) is 9.00. The van der Waals surface area contributed by atoms with Crippen LogP contribution >= 0.6 is 11.6 Å². The monoisotopic (exact) mass is 826 g/mol. The molecule has 0 atom stereocenters. The Morgan fingerprint density at radius 2 is 1.50 bits per heavy atom. The number of aromatic nitrogens is 3. The van der Waals surface area contributed by atoms with Gasteiger partial charge in [-0.05, 0) is 58.7 Å². The van der Waals surface area contributed by atoms with E-state index in [4.69, 9.17) is 16.3 Å². The number of carbonyl (C=O) groups excluding carboxylic acids is 3. The molecule has 1 saturated heterocycles. The molecule has 5 aromatic rings. The van der Waals surface area contributed by atoms with Gasteiger partial charge in [-0.3, -0.25) is 9.59 Å². The molecule has 0 saturated carbocycles. The summed E-state index contributed by atoms with van der Waals surface area (Å²) in [4.78, 5) is 49.8. The van der Waals surface area contributed by atoms with E-state index in [1.165, 1.54) is 0 Å². The molecule has 0 aliphatic carbocycles. The number of ketones is 2. The molecular weight excluding hydrogens is 794 g/mol. The zero-order chi connectivity index (χ0) is 41.5. The van der Waals surface area contributed by atoms with E-state index in [0.717, 1.165) is 45.2 Å². The van der Waals surface area contributed by atoms with Crippen LogP contribution in [0.15, 0.2) is 97.3 Å². The summed E-state index contributed by atoms with van der Waals surface area (Å²) in [7, 11) is 0. The lowest BCUT2D eigenvalue weighted by Crippen LogP contribution is -2.51. The number of alkyl halides is 6. The quantitative estimate of drug-likeness (QED) is 0.118. The molecule has 2 amide bonds. The molecule has 2 aliphatic rings. The number of Topliss-reactive ketones (excluding diaryl/α,β-unsaturated/α-hetero) is 2. The average molecular weight is 827 g/mol.